The zero-order valence-corrected chi connectivity index (χ0v) is 43.4. The smallest absolute Gasteiger partial charge is 0.315 e. The van der Waals surface area contributed by atoms with Crippen LogP contribution in [0.4, 0.5) is 0 Å². The first-order chi connectivity index (χ1) is 34.7. The standard InChI is InChI=1S/C52H84O22/c1-47(2)13-15-52(46(66)74-44-40(65)37(62)35(60)28(71-44)21-69-42-39(64)36(61)34(59)27(18-53)70-42)16-14-50(5)23(24(52)17-47)7-8-30-48(3)11-10-31(49(4,22-54)29(48)9-12-51(30,50)6)72-45-41(33(58)26(56)20-68-45)73-43-38(63)32(57)25(55)19-67-43/h7,24-45,53-65H,8-22H2,1-6H3/t24-,25-,26+,27+,28+,29+,30+,31-,32-,33-,34+,35+,36-,37-,38+,39+,40+,41+,42+,43-,44-,45-,48-,49-,50+,51+,52-/m0/s1. The van der Waals surface area contributed by atoms with Gasteiger partial charge in [-0.1, -0.05) is 53.2 Å². The Morgan fingerprint density at radius 2 is 1.23 bits per heavy atom. The molecule has 13 N–H and O–H groups in total. The summed E-state index contributed by atoms with van der Waals surface area (Å²) < 4.78 is 47.3. The molecule has 0 unspecified atom stereocenters. The van der Waals surface area contributed by atoms with Crippen molar-refractivity contribution in [3.63, 3.8) is 0 Å². The van der Waals surface area contributed by atoms with Crippen molar-refractivity contribution in [3.8, 4) is 0 Å². The number of carbonyl (C=O) groups excluding carboxylic acids is 1. The fourth-order valence-electron chi connectivity index (χ4n) is 15.9. The van der Waals surface area contributed by atoms with E-state index in [4.69, 9.17) is 37.9 Å². The van der Waals surface area contributed by atoms with Gasteiger partial charge in [-0.15, -0.1) is 0 Å². The largest absolute Gasteiger partial charge is 0.432 e. The molecular weight excluding hydrogens is 977 g/mol. The predicted molar refractivity (Wildman–Crippen MR) is 252 cm³/mol. The van der Waals surface area contributed by atoms with E-state index in [1.807, 2.05) is 6.92 Å². The number of rotatable bonds is 11. The van der Waals surface area contributed by atoms with E-state index < -0.39 is 147 Å². The van der Waals surface area contributed by atoms with Crippen LogP contribution >= 0.6 is 0 Å². The Morgan fingerprint density at radius 3 is 1.91 bits per heavy atom. The fraction of sp³-hybridized carbons (Fsp3) is 0.942. The Balaban J connectivity index is 0.931. The molecule has 5 aliphatic carbocycles. The molecule has 0 aromatic carbocycles. The Bertz CT molecular complexity index is 2030. The highest BCUT2D eigenvalue weighted by molar-refractivity contribution is 5.79. The number of fused-ring (bicyclic) bond motifs is 7. The fourth-order valence-corrected chi connectivity index (χ4v) is 15.9. The van der Waals surface area contributed by atoms with E-state index in [1.54, 1.807) is 0 Å². The van der Waals surface area contributed by atoms with Crippen LogP contribution < -0.4 is 0 Å². The summed E-state index contributed by atoms with van der Waals surface area (Å²) in [7, 11) is 0. The molecule has 0 aromatic rings. The number of esters is 1. The summed E-state index contributed by atoms with van der Waals surface area (Å²) in [6.45, 7) is 11.4. The van der Waals surface area contributed by atoms with E-state index in [2.05, 4.69) is 40.7 Å². The zero-order chi connectivity index (χ0) is 53.8. The molecule has 424 valence electrons. The van der Waals surface area contributed by atoms with Crippen LogP contribution in [0.2, 0.25) is 0 Å². The number of hydrogen-bond donors (Lipinski definition) is 13. The highest BCUT2D eigenvalue weighted by atomic mass is 16.8. The third-order valence-electron chi connectivity index (χ3n) is 20.8. The van der Waals surface area contributed by atoms with Gasteiger partial charge in [-0.2, -0.15) is 0 Å². The minimum atomic E-state index is -1.84. The zero-order valence-electron chi connectivity index (χ0n) is 43.4. The number of hydrogen-bond acceptors (Lipinski definition) is 22. The number of allylic oxidation sites excluding steroid dienone is 2. The molecule has 4 aliphatic heterocycles. The molecule has 9 rings (SSSR count). The number of carbonyl (C=O) groups is 1. The monoisotopic (exact) mass is 1060 g/mol. The van der Waals surface area contributed by atoms with Crippen molar-refractivity contribution in [2.45, 2.75) is 222 Å². The van der Waals surface area contributed by atoms with E-state index in [9.17, 15) is 66.4 Å². The number of aliphatic hydroxyl groups is 13. The summed E-state index contributed by atoms with van der Waals surface area (Å²) in [5.41, 5.74) is -1.68. The van der Waals surface area contributed by atoms with Gasteiger partial charge in [0.25, 0.3) is 0 Å². The van der Waals surface area contributed by atoms with E-state index in [-0.39, 0.29) is 59.2 Å². The first-order valence-electron chi connectivity index (χ1n) is 26.8. The Labute approximate surface area is 431 Å². The van der Waals surface area contributed by atoms with Gasteiger partial charge in [-0.05, 0) is 104 Å². The summed E-state index contributed by atoms with van der Waals surface area (Å²) >= 11 is 0. The Morgan fingerprint density at radius 1 is 0.622 bits per heavy atom. The van der Waals surface area contributed by atoms with Crippen LogP contribution in [0.1, 0.15) is 106 Å². The van der Waals surface area contributed by atoms with Crippen LogP contribution in [-0.4, -0.2) is 222 Å². The van der Waals surface area contributed by atoms with Crippen LogP contribution in [-0.2, 0) is 42.7 Å². The minimum Gasteiger partial charge on any atom is -0.432 e. The third-order valence-corrected chi connectivity index (χ3v) is 20.8. The first-order valence-corrected chi connectivity index (χ1v) is 26.8. The second kappa shape index (κ2) is 20.8. The molecule has 8 fully saturated rings. The maximum atomic E-state index is 15.1. The maximum absolute atomic E-state index is 15.1. The number of aliphatic hydroxyl groups excluding tert-OH is 13. The molecule has 0 aromatic heterocycles. The van der Waals surface area contributed by atoms with Gasteiger partial charge >= 0.3 is 5.97 Å². The van der Waals surface area contributed by atoms with Gasteiger partial charge in [0.2, 0.25) is 6.29 Å². The van der Waals surface area contributed by atoms with Crippen molar-refractivity contribution in [3.05, 3.63) is 11.6 Å². The molecule has 9 aliphatic rings. The lowest BCUT2D eigenvalue weighted by molar-refractivity contribution is -0.358. The van der Waals surface area contributed by atoms with Gasteiger partial charge in [-0.3, -0.25) is 4.79 Å². The van der Waals surface area contributed by atoms with Gasteiger partial charge in [-0.25, -0.2) is 0 Å². The molecule has 22 nitrogen and oxygen atoms in total. The Hall–Kier alpha value is -1.59. The van der Waals surface area contributed by atoms with Gasteiger partial charge < -0.3 is 104 Å². The van der Waals surface area contributed by atoms with E-state index in [1.165, 1.54) is 5.57 Å². The first kappa shape index (κ1) is 57.1. The summed E-state index contributed by atoms with van der Waals surface area (Å²) in [5.74, 6) is -0.723. The van der Waals surface area contributed by atoms with Gasteiger partial charge in [0.15, 0.2) is 18.9 Å². The van der Waals surface area contributed by atoms with Crippen LogP contribution in [0.15, 0.2) is 11.6 Å². The van der Waals surface area contributed by atoms with E-state index in [0.29, 0.717) is 38.5 Å². The van der Waals surface area contributed by atoms with Crippen molar-refractivity contribution in [1.82, 2.24) is 0 Å². The van der Waals surface area contributed by atoms with E-state index in [0.717, 1.165) is 25.7 Å². The highest BCUT2D eigenvalue weighted by Crippen LogP contribution is 2.76. The number of ether oxygens (including phenoxy) is 8. The van der Waals surface area contributed by atoms with Crippen molar-refractivity contribution in [1.29, 1.82) is 0 Å². The van der Waals surface area contributed by atoms with Gasteiger partial charge in [0, 0.05) is 5.41 Å². The Kier molecular flexibility index (Phi) is 16.1. The van der Waals surface area contributed by atoms with Crippen LogP contribution in [0, 0.1) is 50.2 Å². The van der Waals surface area contributed by atoms with Crippen LogP contribution in [0.3, 0.4) is 0 Å². The lowest BCUT2D eigenvalue weighted by Crippen LogP contribution is -2.67. The average Bonchev–Trinajstić information content (AvgIpc) is 3.36. The van der Waals surface area contributed by atoms with Gasteiger partial charge in [0.1, 0.15) is 85.5 Å². The molecule has 74 heavy (non-hydrogen) atoms. The third kappa shape index (κ3) is 9.26. The molecular formula is C52H84O22. The predicted octanol–water partition coefficient (Wildman–Crippen LogP) is -1.78. The van der Waals surface area contributed by atoms with Crippen molar-refractivity contribution < 1.29 is 109 Å². The average molecular weight is 1060 g/mol. The summed E-state index contributed by atoms with van der Waals surface area (Å²) in [6.07, 6.45) is -19.7. The van der Waals surface area contributed by atoms with Gasteiger partial charge in [0.05, 0.1) is 44.6 Å². The highest BCUT2D eigenvalue weighted by Gasteiger charge is 2.70. The summed E-state index contributed by atoms with van der Waals surface area (Å²) in [6, 6.07) is 0. The quantitative estimate of drug-likeness (QED) is 0.0618. The van der Waals surface area contributed by atoms with Crippen molar-refractivity contribution >= 4 is 5.97 Å². The lowest BCUT2D eigenvalue weighted by atomic mass is 9.33. The molecule has 4 heterocycles. The molecule has 0 radical (unpaired) electrons. The topological polar surface area (TPSA) is 354 Å². The molecule has 4 saturated heterocycles. The van der Waals surface area contributed by atoms with E-state index >= 15 is 4.79 Å². The molecule has 0 amide bonds. The van der Waals surface area contributed by atoms with Crippen LogP contribution in [0.5, 0.6) is 0 Å². The normalized spacial score (nSPS) is 54.4. The molecule has 27 atom stereocenters. The molecule has 0 bridgehead atoms. The molecule has 22 heteroatoms. The second-order valence-corrected chi connectivity index (χ2v) is 25.3. The summed E-state index contributed by atoms with van der Waals surface area (Å²) in [5, 5.41) is 138. The summed E-state index contributed by atoms with van der Waals surface area (Å²) in [4.78, 5) is 15.1. The maximum Gasteiger partial charge on any atom is 0.315 e. The van der Waals surface area contributed by atoms with Crippen LogP contribution in [0.25, 0.3) is 0 Å². The molecule has 4 saturated carbocycles. The minimum absolute atomic E-state index is 0.0394. The van der Waals surface area contributed by atoms with Crippen molar-refractivity contribution in [2.75, 3.05) is 33.0 Å². The SMILES string of the molecule is CC1(C)CC[C@]2(C(=O)O[C@@H]3O[C@H](CO[C@@H]4O[C@H](CO)[C@@H](O)[C@H](O)[C@H]4O)[C@@H](O)[C@H](O)[C@H]3O)CC[C@]3(C)C(=CC[C@@H]4[C@@]5(C)CC[C@H](O[C@@H]6OC[C@@H](O)[C@H](O)[C@H]6O[C@@H]6OC[C@H](O)[C@H](O)[C@H]6O)[C@@](C)(CO)[C@@H]5CC[C@]43C)[C@@H]2C1. The second-order valence-electron chi connectivity index (χ2n) is 25.3. The van der Waals surface area contributed by atoms with Crippen molar-refractivity contribution in [2.24, 2.45) is 50.2 Å². The molecule has 0 spiro atoms. The lowest BCUT2D eigenvalue weighted by Gasteiger charge is -2.71.